The number of rotatable bonds is 9. The van der Waals surface area contributed by atoms with E-state index in [0.29, 0.717) is 17.9 Å². The summed E-state index contributed by atoms with van der Waals surface area (Å²) in [5.74, 6) is 0.278. The molecule has 0 spiro atoms. The molecule has 0 saturated heterocycles. The summed E-state index contributed by atoms with van der Waals surface area (Å²) in [5.41, 5.74) is 0.474. The van der Waals surface area contributed by atoms with Gasteiger partial charge in [-0.2, -0.15) is 0 Å². The third kappa shape index (κ3) is 6.28. The quantitative estimate of drug-likeness (QED) is 0.640. The van der Waals surface area contributed by atoms with E-state index in [1.165, 1.54) is 54.9 Å². The van der Waals surface area contributed by atoms with E-state index in [2.05, 4.69) is 5.32 Å². The number of methoxy groups -OCH3 is 1. The molecule has 0 aliphatic carbocycles. The molecule has 10 heteroatoms. The van der Waals surface area contributed by atoms with Crippen molar-refractivity contribution in [2.45, 2.75) is 22.6 Å². The van der Waals surface area contributed by atoms with Gasteiger partial charge in [-0.25, -0.2) is 21.1 Å². The van der Waals surface area contributed by atoms with Crippen LogP contribution in [0.4, 0.5) is 5.69 Å². The Morgan fingerprint density at radius 3 is 2.03 bits per heavy atom. The Kier molecular flexibility index (Phi) is 7.39. The first kappa shape index (κ1) is 22.9. The van der Waals surface area contributed by atoms with Gasteiger partial charge in [-0.3, -0.25) is 4.79 Å². The zero-order valence-corrected chi connectivity index (χ0v) is 18.1. The van der Waals surface area contributed by atoms with Gasteiger partial charge in [0.05, 0.1) is 16.9 Å². The average molecular weight is 441 g/mol. The zero-order valence-electron chi connectivity index (χ0n) is 16.5. The van der Waals surface area contributed by atoms with E-state index >= 15 is 0 Å². The van der Waals surface area contributed by atoms with Gasteiger partial charge < -0.3 is 10.1 Å². The summed E-state index contributed by atoms with van der Waals surface area (Å²) in [6, 6.07) is 11.9. The highest BCUT2D eigenvalue weighted by atomic mass is 32.2. The Morgan fingerprint density at radius 2 is 1.52 bits per heavy atom. The maximum absolute atomic E-state index is 12.5. The van der Waals surface area contributed by atoms with Crippen LogP contribution >= 0.6 is 0 Å². The minimum absolute atomic E-state index is 0.121. The predicted octanol–water partition coefficient (Wildman–Crippen LogP) is 2.14. The van der Waals surface area contributed by atoms with Crippen LogP contribution in [-0.2, 0) is 24.7 Å². The van der Waals surface area contributed by atoms with E-state index in [9.17, 15) is 21.6 Å². The van der Waals surface area contributed by atoms with E-state index < -0.39 is 19.9 Å². The van der Waals surface area contributed by atoms with Crippen LogP contribution in [0.2, 0.25) is 0 Å². The van der Waals surface area contributed by atoms with E-state index in [1.807, 2.05) is 0 Å². The fourth-order valence-corrected chi connectivity index (χ4v) is 4.36. The lowest BCUT2D eigenvalue weighted by Crippen LogP contribution is -2.28. The second-order valence-corrected chi connectivity index (χ2v) is 10.5. The number of hydrogen-bond donors (Lipinski definition) is 1. The molecule has 2 aromatic carbocycles. The summed E-state index contributed by atoms with van der Waals surface area (Å²) in [5, 5.41) is 2.66. The maximum Gasteiger partial charge on any atom is 0.242 e. The van der Waals surface area contributed by atoms with Crippen LogP contribution in [-0.4, -0.2) is 54.0 Å². The zero-order chi connectivity index (χ0) is 21.7. The van der Waals surface area contributed by atoms with Crippen LogP contribution in [0, 0.1) is 0 Å². The molecule has 2 rings (SSSR count). The lowest BCUT2D eigenvalue weighted by atomic mass is 10.2. The highest BCUT2D eigenvalue weighted by molar-refractivity contribution is 7.90. The molecule has 0 bridgehead atoms. The van der Waals surface area contributed by atoms with E-state index in [4.69, 9.17) is 4.74 Å². The molecule has 2 aromatic rings. The largest absolute Gasteiger partial charge is 0.497 e. The van der Waals surface area contributed by atoms with Crippen LogP contribution in [0.15, 0.2) is 58.3 Å². The van der Waals surface area contributed by atoms with Crippen LogP contribution in [0.1, 0.15) is 12.8 Å². The van der Waals surface area contributed by atoms with Crippen molar-refractivity contribution in [3.63, 3.8) is 0 Å². The summed E-state index contributed by atoms with van der Waals surface area (Å²) in [6.07, 6.45) is 1.56. The van der Waals surface area contributed by atoms with Crippen molar-refractivity contribution in [3.05, 3.63) is 48.5 Å². The van der Waals surface area contributed by atoms with Crippen LogP contribution < -0.4 is 10.1 Å². The van der Waals surface area contributed by atoms with E-state index in [-0.39, 0.29) is 28.7 Å². The number of hydrogen-bond acceptors (Lipinski definition) is 6. The Hall–Kier alpha value is -2.43. The molecule has 0 saturated carbocycles. The number of ether oxygens (including phenoxy) is 1. The molecule has 0 aromatic heterocycles. The third-order valence-corrected chi connectivity index (χ3v) is 7.21. The van der Waals surface area contributed by atoms with E-state index in [1.54, 1.807) is 12.1 Å². The summed E-state index contributed by atoms with van der Waals surface area (Å²) < 4.78 is 54.2. The van der Waals surface area contributed by atoms with Crippen LogP contribution in [0.25, 0.3) is 0 Å². The number of amides is 1. The minimum Gasteiger partial charge on any atom is -0.497 e. The Bertz CT molecular complexity index is 1050. The fourth-order valence-electron chi connectivity index (χ4n) is 2.52. The van der Waals surface area contributed by atoms with Crippen molar-refractivity contribution in [1.29, 1.82) is 0 Å². The summed E-state index contributed by atoms with van der Waals surface area (Å²) in [6.45, 7) is 0.175. The van der Waals surface area contributed by atoms with E-state index in [0.717, 1.165) is 6.26 Å². The van der Waals surface area contributed by atoms with Gasteiger partial charge in [-0.15, -0.1) is 0 Å². The Balaban J connectivity index is 1.87. The van der Waals surface area contributed by atoms with Gasteiger partial charge in [-0.05, 0) is 55.0 Å². The standard InChI is InChI=1S/C19H24N2O6S2/c1-21(29(25,26)18-12-8-16(27-2)9-13-18)14-4-5-19(22)20-15-6-10-17(11-7-15)28(3,23)24/h6-13H,4-5,14H2,1-3H3,(H,20,22). The monoisotopic (exact) mass is 440 g/mol. The number of benzene rings is 2. The van der Waals surface area contributed by atoms with Crippen molar-refractivity contribution < 1.29 is 26.4 Å². The van der Waals surface area contributed by atoms with Gasteiger partial charge in [0.2, 0.25) is 15.9 Å². The molecule has 0 aliphatic heterocycles. The lowest BCUT2D eigenvalue weighted by molar-refractivity contribution is -0.116. The maximum atomic E-state index is 12.5. The first-order valence-electron chi connectivity index (χ1n) is 8.74. The minimum atomic E-state index is -3.65. The molecule has 8 nitrogen and oxygen atoms in total. The van der Waals surface area contributed by atoms with Crippen LogP contribution in [0.3, 0.4) is 0 Å². The van der Waals surface area contributed by atoms with Crippen LogP contribution in [0.5, 0.6) is 5.75 Å². The molecule has 0 aliphatic rings. The van der Waals surface area contributed by atoms with Crippen molar-refractivity contribution in [2.75, 3.05) is 32.3 Å². The number of carbonyl (C=O) groups is 1. The highest BCUT2D eigenvalue weighted by Gasteiger charge is 2.20. The highest BCUT2D eigenvalue weighted by Crippen LogP contribution is 2.19. The van der Waals surface area contributed by atoms with Gasteiger partial charge >= 0.3 is 0 Å². The first-order valence-corrected chi connectivity index (χ1v) is 12.1. The number of sulfone groups is 1. The number of sulfonamides is 1. The SMILES string of the molecule is COc1ccc(S(=O)(=O)N(C)CCCC(=O)Nc2ccc(S(C)(=O)=O)cc2)cc1. The molecule has 0 radical (unpaired) electrons. The van der Waals surface area contributed by atoms with Gasteiger partial charge in [0.1, 0.15) is 5.75 Å². The summed E-state index contributed by atoms with van der Waals surface area (Å²) >= 11 is 0. The number of anilines is 1. The van der Waals surface area contributed by atoms with Crippen molar-refractivity contribution in [3.8, 4) is 5.75 Å². The topological polar surface area (TPSA) is 110 Å². The predicted molar refractivity (Wildman–Crippen MR) is 110 cm³/mol. The Morgan fingerprint density at radius 1 is 0.966 bits per heavy atom. The first-order chi connectivity index (χ1) is 13.5. The molecular weight excluding hydrogens is 416 g/mol. The van der Waals surface area contributed by atoms with Gasteiger partial charge in [0.25, 0.3) is 0 Å². The number of nitrogens with zero attached hydrogens (tertiary/aromatic N) is 1. The molecule has 29 heavy (non-hydrogen) atoms. The smallest absolute Gasteiger partial charge is 0.242 e. The fraction of sp³-hybridized carbons (Fsp3) is 0.316. The van der Waals surface area contributed by atoms with Gasteiger partial charge in [0, 0.05) is 32.0 Å². The third-order valence-electron chi connectivity index (χ3n) is 4.21. The van der Waals surface area contributed by atoms with Gasteiger partial charge in [0.15, 0.2) is 9.84 Å². The second-order valence-electron chi connectivity index (χ2n) is 6.45. The molecule has 1 N–H and O–H groups in total. The molecule has 0 atom stereocenters. The number of nitrogens with one attached hydrogen (secondary N) is 1. The lowest BCUT2D eigenvalue weighted by Gasteiger charge is -2.17. The Labute approximate surface area is 171 Å². The van der Waals surface area contributed by atoms with Gasteiger partial charge in [-0.1, -0.05) is 0 Å². The second kappa shape index (κ2) is 9.38. The normalized spacial score (nSPS) is 12.0. The summed E-state index contributed by atoms with van der Waals surface area (Å²) in [7, 11) is -3.98. The molecule has 1 amide bonds. The number of carbonyl (C=O) groups excluding carboxylic acids is 1. The molecule has 0 heterocycles. The molecular formula is C19H24N2O6S2. The molecule has 158 valence electrons. The van der Waals surface area contributed by atoms with Crippen molar-refractivity contribution in [1.82, 2.24) is 4.31 Å². The van der Waals surface area contributed by atoms with Crippen molar-refractivity contribution in [2.24, 2.45) is 0 Å². The summed E-state index contributed by atoms with van der Waals surface area (Å²) in [4.78, 5) is 12.4. The van der Waals surface area contributed by atoms with Crippen molar-refractivity contribution >= 4 is 31.5 Å². The molecule has 0 unspecified atom stereocenters. The average Bonchev–Trinajstić information content (AvgIpc) is 2.67. The molecule has 0 fully saturated rings.